The molecule has 1 aliphatic rings. The molecule has 1 unspecified atom stereocenters. The lowest BCUT2D eigenvalue weighted by atomic mass is 10.1. The molecule has 29 heavy (non-hydrogen) atoms. The van der Waals surface area contributed by atoms with Gasteiger partial charge in [-0.3, -0.25) is 4.99 Å². The summed E-state index contributed by atoms with van der Waals surface area (Å²) in [7, 11) is 1.65. The Morgan fingerprint density at radius 3 is 2.97 bits per heavy atom. The number of rotatable bonds is 9. The minimum absolute atomic E-state index is 0.305. The molecule has 2 aromatic rings. The van der Waals surface area contributed by atoms with Crippen molar-refractivity contribution in [2.24, 2.45) is 4.99 Å². The molecule has 1 aromatic heterocycles. The highest BCUT2D eigenvalue weighted by Crippen LogP contribution is 2.18. The van der Waals surface area contributed by atoms with Crippen molar-refractivity contribution in [2.75, 3.05) is 26.8 Å². The highest BCUT2D eigenvalue weighted by Gasteiger charge is 2.21. The molecule has 0 spiro atoms. The number of nitrogens with one attached hydrogen (secondary N) is 2. The van der Waals surface area contributed by atoms with Crippen LogP contribution >= 0.6 is 0 Å². The fourth-order valence-electron chi connectivity index (χ4n) is 3.28. The van der Waals surface area contributed by atoms with Crippen LogP contribution in [0.1, 0.15) is 38.3 Å². The molecule has 8 nitrogen and oxygen atoms in total. The summed E-state index contributed by atoms with van der Waals surface area (Å²) in [5.74, 6) is 4.48. The average Bonchev–Trinajstić information content (AvgIpc) is 3.16. The summed E-state index contributed by atoms with van der Waals surface area (Å²) < 4.78 is 13.0. The minimum Gasteiger partial charge on any atom is -0.497 e. The fourth-order valence-corrected chi connectivity index (χ4v) is 3.28. The lowest BCUT2D eigenvalue weighted by Crippen LogP contribution is -2.47. The van der Waals surface area contributed by atoms with Crippen molar-refractivity contribution in [3.63, 3.8) is 0 Å². The van der Waals surface area contributed by atoms with E-state index >= 15 is 0 Å². The Hall–Kier alpha value is -2.77. The molecule has 158 valence electrons. The molecule has 0 radical (unpaired) electrons. The molecular formula is C21H32N6O2. The summed E-state index contributed by atoms with van der Waals surface area (Å²) in [6.45, 7) is 7.12. The van der Waals surface area contributed by atoms with Gasteiger partial charge in [0.2, 0.25) is 0 Å². The third-order valence-corrected chi connectivity index (χ3v) is 4.79. The number of aliphatic imine (C=N–C) groups is 1. The monoisotopic (exact) mass is 400 g/mol. The van der Waals surface area contributed by atoms with Gasteiger partial charge in [-0.25, -0.2) is 9.67 Å². The average molecular weight is 401 g/mol. The van der Waals surface area contributed by atoms with Crippen molar-refractivity contribution >= 4 is 5.96 Å². The summed E-state index contributed by atoms with van der Waals surface area (Å²) in [4.78, 5) is 9.28. The first-order valence-electron chi connectivity index (χ1n) is 10.5. The van der Waals surface area contributed by atoms with Crippen molar-refractivity contribution in [3.8, 4) is 11.5 Å². The largest absolute Gasteiger partial charge is 0.497 e. The van der Waals surface area contributed by atoms with E-state index in [1.165, 1.54) is 0 Å². The van der Waals surface area contributed by atoms with Gasteiger partial charge in [-0.2, -0.15) is 5.10 Å². The molecule has 1 aliphatic heterocycles. The van der Waals surface area contributed by atoms with E-state index in [0.717, 1.165) is 67.9 Å². The summed E-state index contributed by atoms with van der Waals surface area (Å²) in [5.41, 5.74) is 0. The van der Waals surface area contributed by atoms with Gasteiger partial charge in [0.25, 0.3) is 0 Å². The van der Waals surface area contributed by atoms with Crippen molar-refractivity contribution < 1.29 is 9.47 Å². The van der Waals surface area contributed by atoms with E-state index < -0.39 is 0 Å². The molecule has 0 saturated carbocycles. The maximum atomic E-state index is 5.78. The summed E-state index contributed by atoms with van der Waals surface area (Å²) in [5, 5.41) is 11.5. The molecule has 2 N–H and O–H groups in total. The van der Waals surface area contributed by atoms with E-state index in [9.17, 15) is 0 Å². The first-order valence-corrected chi connectivity index (χ1v) is 10.5. The number of guanidine groups is 1. The molecule has 0 amide bonds. The van der Waals surface area contributed by atoms with Crippen LogP contribution in [0.15, 0.2) is 29.3 Å². The second-order valence-electron chi connectivity index (χ2n) is 7.00. The van der Waals surface area contributed by atoms with E-state index in [-0.39, 0.29) is 0 Å². The minimum atomic E-state index is 0.305. The second-order valence-corrected chi connectivity index (χ2v) is 7.00. The fraction of sp³-hybridized carbons (Fsp3) is 0.571. The Labute approximate surface area is 172 Å². The first-order chi connectivity index (χ1) is 14.2. The molecule has 0 fully saturated rings. The molecule has 8 heteroatoms. The van der Waals surface area contributed by atoms with E-state index in [1.54, 1.807) is 7.11 Å². The van der Waals surface area contributed by atoms with Crippen LogP contribution in [0.3, 0.4) is 0 Å². The maximum absolute atomic E-state index is 5.78. The Balaban J connectivity index is 1.45. The summed E-state index contributed by atoms with van der Waals surface area (Å²) in [6.07, 6.45) is 3.69. The SMILES string of the molecule is CCNC(=NCCCOc1cccc(OC)c1)NC1CCc2nc(CC)nn2C1. The van der Waals surface area contributed by atoms with Crippen LogP contribution in [0, 0.1) is 0 Å². The van der Waals surface area contributed by atoms with Crippen molar-refractivity contribution in [2.45, 2.75) is 52.1 Å². The van der Waals surface area contributed by atoms with Crippen LogP contribution in [0.5, 0.6) is 11.5 Å². The smallest absolute Gasteiger partial charge is 0.191 e. The van der Waals surface area contributed by atoms with Gasteiger partial charge in [0.05, 0.1) is 20.3 Å². The van der Waals surface area contributed by atoms with Crippen LogP contribution in [-0.4, -0.2) is 53.6 Å². The van der Waals surface area contributed by atoms with Gasteiger partial charge >= 0.3 is 0 Å². The zero-order chi connectivity index (χ0) is 20.5. The standard InChI is InChI=1S/C21H32N6O2/c1-4-19-25-20-11-10-16(15-27(20)26-19)24-21(22-5-2)23-12-7-13-29-18-9-6-8-17(14-18)28-3/h6,8-9,14,16H,4-5,7,10-13,15H2,1-3H3,(H2,22,23,24). The maximum Gasteiger partial charge on any atom is 0.191 e. The van der Waals surface area contributed by atoms with E-state index in [0.29, 0.717) is 19.2 Å². The van der Waals surface area contributed by atoms with Crippen molar-refractivity contribution in [1.29, 1.82) is 0 Å². The van der Waals surface area contributed by atoms with Crippen LogP contribution < -0.4 is 20.1 Å². The Morgan fingerprint density at radius 1 is 1.31 bits per heavy atom. The highest BCUT2D eigenvalue weighted by molar-refractivity contribution is 5.80. The number of nitrogens with zero attached hydrogens (tertiary/aromatic N) is 4. The Morgan fingerprint density at radius 2 is 2.17 bits per heavy atom. The molecule has 0 aliphatic carbocycles. The summed E-state index contributed by atoms with van der Waals surface area (Å²) in [6, 6.07) is 7.96. The lowest BCUT2D eigenvalue weighted by molar-refractivity contribution is 0.310. The van der Waals surface area contributed by atoms with Gasteiger partial charge in [-0.05, 0) is 25.5 Å². The van der Waals surface area contributed by atoms with Crippen molar-refractivity contribution in [1.82, 2.24) is 25.4 Å². The topological polar surface area (TPSA) is 85.6 Å². The first kappa shape index (κ1) is 21.0. The van der Waals surface area contributed by atoms with Gasteiger partial charge in [0, 0.05) is 44.5 Å². The van der Waals surface area contributed by atoms with Gasteiger partial charge in [-0.15, -0.1) is 0 Å². The number of aromatic nitrogens is 3. The lowest BCUT2D eigenvalue weighted by Gasteiger charge is -2.25. The Kier molecular flexibility index (Phi) is 7.72. The molecule has 3 rings (SSSR count). The third kappa shape index (κ3) is 6.10. The van der Waals surface area contributed by atoms with Gasteiger partial charge in [0.1, 0.15) is 17.3 Å². The molecule has 0 bridgehead atoms. The zero-order valence-electron chi connectivity index (χ0n) is 17.6. The zero-order valence-corrected chi connectivity index (χ0v) is 17.6. The number of methoxy groups -OCH3 is 1. The van der Waals surface area contributed by atoms with Crippen molar-refractivity contribution in [3.05, 3.63) is 35.9 Å². The number of hydrogen-bond acceptors (Lipinski definition) is 5. The molecular weight excluding hydrogens is 368 g/mol. The number of fused-ring (bicyclic) bond motifs is 1. The van der Waals surface area contributed by atoms with Crippen LogP contribution in [0.2, 0.25) is 0 Å². The predicted molar refractivity (Wildman–Crippen MR) is 114 cm³/mol. The number of benzene rings is 1. The van der Waals surface area contributed by atoms with E-state index in [2.05, 4.69) is 34.6 Å². The van der Waals surface area contributed by atoms with E-state index in [1.807, 2.05) is 28.9 Å². The van der Waals surface area contributed by atoms with Gasteiger partial charge < -0.3 is 20.1 Å². The summed E-state index contributed by atoms with van der Waals surface area (Å²) >= 11 is 0. The molecule has 0 saturated heterocycles. The van der Waals surface area contributed by atoms with Crippen LogP contribution in [0.4, 0.5) is 0 Å². The Bertz CT molecular complexity index is 804. The highest BCUT2D eigenvalue weighted by atomic mass is 16.5. The number of hydrogen-bond donors (Lipinski definition) is 2. The number of ether oxygens (including phenoxy) is 2. The van der Waals surface area contributed by atoms with Gasteiger partial charge in [-0.1, -0.05) is 13.0 Å². The van der Waals surface area contributed by atoms with Gasteiger partial charge in [0.15, 0.2) is 11.8 Å². The van der Waals surface area contributed by atoms with Crippen LogP contribution in [-0.2, 0) is 19.4 Å². The van der Waals surface area contributed by atoms with E-state index in [4.69, 9.17) is 14.5 Å². The molecule has 1 atom stereocenters. The molecule has 2 heterocycles. The normalized spacial score (nSPS) is 16.2. The quantitative estimate of drug-likeness (QED) is 0.381. The molecule has 1 aromatic carbocycles. The third-order valence-electron chi connectivity index (χ3n) is 4.79. The number of aryl methyl sites for hydroxylation is 2. The second kappa shape index (κ2) is 10.7. The predicted octanol–water partition coefficient (Wildman–Crippen LogP) is 2.19. The van der Waals surface area contributed by atoms with Crippen LogP contribution in [0.25, 0.3) is 0 Å².